The maximum absolute atomic E-state index is 9.39. The summed E-state index contributed by atoms with van der Waals surface area (Å²) in [6, 6.07) is 2.02. The molecule has 16 heavy (non-hydrogen) atoms. The molecule has 1 N–H and O–H groups in total. The summed E-state index contributed by atoms with van der Waals surface area (Å²) in [5, 5.41) is 9.39. The lowest BCUT2D eigenvalue weighted by Gasteiger charge is -2.18. The predicted molar refractivity (Wildman–Crippen MR) is 65.5 cm³/mol. The molecule has 1 atom stereocenters. The highest BCUT2D eigenvalue weighted by Crippen LogP contribution is 2.22. The van der Waals surface area contributed by atoms with E-state index in [2.05, 4.69) is 37.7 Å². The highest BCUT2D eigenvalue weighted by Gasteiger charge is 2.19. The number of hydrogen-bond acceptors (Lipinski definition) is 3. The van der Waals surface area contributed by atoms with E-state index in [0.29, 0.717) is 11.8 Å². The number of rotatable bonds is 4. The Balaban J connectivity index is 3.12. The minimum atomic E-state index is 0.0393. The molecular weight excluding hydrogens is 200 g/mol. The smallest absolute Gasteiger partial charge is 0.134 e. The van der Waals surface area contributed by atoms with Crippen LogP contribution in [0.4, 0.5) is 0 Å². The first-order chi connectivity index (χ1) is 7.45. The Morgan fingerprint density at radius 3 is 2.25 bits per heavy atom. The average molecular weight is 222 g/mol. The summed E-state index contributed by atoms with van der Waals surface area (Å²) in [7, 11) is 0. The van der Waals surface area contributed by atoms with Gasteiger partial charge in [-0.25, -0.2) is 9.97 Å². The largest absolute Gasteiger partial charge is 0.396 e. The lowest BCUT2D eigenvalue weighted by Crippen LogP contribution is -2.16. The van der Waals surface area contributed by atoms with E-state index in [1.165, 1.54) is 0 Å². The Labute approximate surface area is 97.9 Å². The highest BCUT2D eigenvalue weighted by atomic mass is 16.3. The van der Waals surface area contributed by atoms with Crippen molar-refractivity contribution in [2.75, 3.05) is 6.61 Å². The van der Waals surface area contributed by atoms with Crippen LogP contribution in [0.3, 0.4) is 0 Å². The molecule has 0 aliphatic rings. The fraction of sp³-hybridized carbons (Fsp3) is 0.692. The Morgan fingerprint density at radius 2 is 1.81 bits per heavy atom. The van der Waals surface area contributed by atoms with Crippen LogP contribution in [0.5, 0.6) is 0 Å². The summed E-state index contributed by atoms with van der Waals surface area (Å²) in [5.74, 6) is 1.57. The van der Waals surface area contributed by atoms with Gasteiger partial charge in [-0.2, -0.15) is 0 Å². The van der Waals surface area contributed by atoms with Crippen molar-refractivity contribution in [1.29, 1.82) is 0 Å². The molecule has 0 bridgehead atoms. The molecule has 1 rings (SSSR count). The van der Waals surface area contributed by atoms with E-state index in [9.17, 15) is 5.11 Å². The summed E-state index contributed by atoms with van der Waals surface area (Å²) in [5.41, 5.74) is 2.04. The summed E-state index contributed by atoms with van der Waals surface area (Å²) in [4.78, 5) is 8.99. The summed E-state index contributed by atoms with van der Waals surface area (Å²) >= 11 is 0. The third kappa shape index (κ3) is 3.01. The van der Waals surface area contributed by atoms with Gasteiger partial charge in [0.05, 0.1) is 6.61 Å². The quantitative estimate of drug-likeness (QED) is 0.851. The first-order valence-electron chi connectivity index (χ1n) is 5.92. The van der Waals surface area contributed by atoms with Crippen molar-refractivity contribution in [1.82, 2.24) is 9.97 Å². The van der Waals surface area contributed by atoms with E-state index in [0.717, 1.165) is 17.2 Å². The molecule has 0 fully saturated rings. The second kappa shape index (κ2) is 5.39. The van der Waals surface area contributed by atoms with Crippen LogP contribution in [0.25, 0.3) is 0 Å². The van der Waals surface area contributed by atoms with Crippen LogP contribution in [0.15, 0.2) is 6.07 Å². The normalized spacial score (nSPS) is 13.5. The van der Waals surface area contributed by atoms with Crippen molar-refractivity contribution >= 4 is 0 Å². The topological polar surface area (TPSA) is 46.0 Å². The van der Waals surface area contributed by atoms with Crippen molar-refractivity contribution < 1.29 is 5.11 Å². The molecule has 0 aromatic carbocycles. The van der Waals surface area contributed by atoms with E-state index >= 15 is 0 Å². The maximum atomic E-state index is 9.39. The van der Waals surface area contributed by atoms with Gasteiger partial charge < -0.3 is 5.11 Å². The first kappa shape index (κ1) is 13.1. The molecule has 1 aromatic heterocycles. The molecule has 0 aliphatic carbocycles. The molecule has 90 valence electrons. The van der Waals surface area contributed by atoms with E-state index < -0.39 is 0 Å². The number of aliphatic hydroxyl groups is 1. The maximum Gasteiger partial charge on any atom is 0.134 e. The van der Waals surface area contributed by atoms with Gasteiger partial charge >= 0.3 is 0 Å². The van der Waals surface area contributed by atoms with Gasteiger partial charge in [0.15, 0.2) is 0 Å². The number of aliphatic hydroxyl groups excluding tert-OH is 1. The number of nitrogens with zero attached hydrogens (tertiary/aromatic N) is 2. The molecule has 0 radical (unpaired) electrons. The molecule has 1 heterocycles. The van der Waals surface area contributed by atoms with Crippen LogP contribution in [0, 0.1) is 12.8 Å². The van der Waals surface area contributed by atoms with Gasteiger partial charge in [-0.05, 0) is 24.8 Å². The molecule has 0 aliphatic heterocycles. The van der Waals surface area contributed by atoms with E-state index in [4.69, 9.17) is 0 Å². The molecular formula is C13H22N2O. The summed E-state index contributed by atoms with van der Waals surface area (Å²) in [6.07, 6.45) is 0. The fourth-order valence-electron chi connectivity index (χ4n) is 1.67. The Morgan fingerprint density at radius 1 is 1.19 bits per heavy atom. The van der Waals surface area contributed by atoms with Gasteiger partial charge in [0.2, 0.25) is 0 Å². The highest BCUT2D eigenvalue weighted by molar-refractivity contribution is 5.15. The Kier molecular flexibility index (Phi) is 4.42. The standard InChI is InChI=1S/C13H22N2O/c1-8(2)11(7-16)13-14-10(5)6-12(15-13)9(3)4/h6,8-9,11,16H,7H2,1-5H3. The Hall–Kier alpha value is -0.960. The monoisotopic (exact) mass is 222 g/mol. The molecule has 3 heteroatoms. The third-order valence-electron chi connectivity index (χ3n) is 2.82. The molecule has 0 amide bonds. The molecule has 3 nitrogen and oxygen atoms in total. The zero-order valence-electron chi connectivity index (χ0n) is 10.9. The number of aryl methyl sites for hydroxylation is 1. The van der Waals surface area contributed by atoms with Crippen LogP contribution in [-0.4, -0.2) is 21.7 Å². The first-order valence-corrected chi connectivity index (χ1v) is 5.92. The number of aromatic nitrogens is 2. The van der Waals surface area contributed by atoms with Crippen molar-refractivity contribution in [3.05, 3.63) is 23.3 Å². The van der Waals surface area contributed by atoms with Gasteiger partial charge in [-0.3, -0.25) is 0 Å². The second-order valence-corrected chi connectivity index (χ2v) is 4.98. The third-order valence-corrected chi connectivity index (χ3v) is 2.82. The van der Waals surface area contributed by atoms with E-state index in [1.807, 2.05) is 13.0 Å². The SMILES string of the molecule is Cc1cc(C(C)C)nc(C(CO)C(C)C)n1. The summed E-state index contributed by atoms with van der Waals surface area (Å²) in [6.45, 7) is 10.5. The zero-order valence-corrected chi connectivity index (χ0v) is 10.9. The van der Waals surface area contributed by atoms with E-state index in [1.54, 1.807) is 0 Å². The second-order valence-electron chi connectivity index (χ2n) is 4.98. The lowest BCUT2D eigenvalue weighted by atomic mass is 9.95. The van der Waals surface area contributed by atoms with Crippen LogP contribution in [0.1, 0.15) is 56.7 Å². The minimum absolute atomic E-state index is 0.0393. The average Bonchev–Trinajstić information content (AvgIpc) is 2.17. The van der Waals surface area contributed by atoms with Crippen LogP contribution < -0.4 is 0 Å². The Bertz CT molecular complexity index is 348. The van der Waals surface area contributed by atoms with Gasteiger partial charge in [-0.1, -0.05) is 27.7 Å². The van der Waals surface area contributed by atoms with Crippen LogP contribution in [-0.2, 0) is 0 Å². The van der Waals surface area contributed by atoms with Crippen molar-refractivity contribution in [2.45, 2.75) is 46.5 Å². The minimum Gasteiger partial charge on any atom is -0.396 e. The van der Waals surface area contributed by atoms with Gasteiger partial charge in [0, 0.05) is 17.3 Å². The van der Waals surface area contributed by atoms with E-state index in [-0.39, 0.29) is 12.5 Å². The van der Waals surface area contributed by atoms with Crippen molar-refractivity contribution in [3.8, 4) is 0 Å². The van der Waals surface area contributed by atoms with Gasteiger partial charge in [0.25, 0.3) is 0 Å². The molecule has 0 saturated heterocycles. The van der Waals surface area contributed by atoms with Gasteiger partial charge in [-0.15, -0.1) is 0 Å². The lowest BCUT2D eigenvalue weighted by molar-refractivity contribution is 0.231. The zero-order chi connectivity index (χ0) is 12.3. The van der Waals surface area contributed by atoms with Crippen molar-refractivity contribution in [2.24, 2.45) is 5.92 Å². The van der Waals surface area contributed by atoms with Gasteiger partial charge in [0.1, 0.15) is 5.82 Å². The van der Waals surface area contributed by atoms with Crippen LogP contribution in [0.2, 0.25) is 0 Å². The fourth-order valence-corrected chi connectivity index (χ4v) is 1.67. The number of hydrogen-bond donors (Lipinski definition) is 1. The molecule has 1 aromatic rings. The van der Waals surface area contributed by atoms with Crippen LogP contribution >= 0.6 is 0 Å². The molecule has 0 spiro atoms. The predicted octanol–water partition coefficient (Wildman–Crippen LogP) is 2.64. The molecule has 1 unspecified atom stereocenters. The van der Waals surface area contributed by atoms with Crippen molar-refractivity contribution in [3.63, 3.8) is 0 Å². The summed E-state index contributed by atoms with van der Waals surface area (Å²) < 4.78 is 0. The molecule has 0 saturated carbocycles.